The first-order valence-corrected chi connectivity index (χ1v) is 5.67. The van der Waals surface area contributed by atoms with Crippen molar-refractivity contribution >= 4 is 5.91 Å². The fourth-order valence-electron chi connectivity index (χ4n) is 2.02. The zero-order chi connectivity index (χ0) is 10.6. The number of nitrogens with zero attached hydrogens (tertiary/aromatic N) is 1. The van der Waals surface area contributed by atoms with Gasteiger partial charge in [0.25, 0.3) is 0 Å². The van der Waals surface area contributed by atoms with E-state index in [2.05, 4.69) is 19.2 Å². The fraction of sp³-hybridized carbons (Fsp3) is 0.909. The van der Waals surface area contributed by atoms with Crippen molar-refractivity contribution in [2.24, 2.45) is 5.92 Å². The monoisotopic (exact) mass is 198 g/mol. The van der Waals surface area contributed by atoms with Gasteiger partial charge in [-0.1, -0.05) is 13.8 Å². The molecule has 1 N–H and O–H groups in total. The molecular formula is C11H22N2O. The minimum absolute atomic E-state index is 0.255. The molecule has 2 unspecified atom stereocenters. The van der Waals surface area contributed by atoms with E-state index in [0.717, 1.165) is 19.5 Å². The second kappa shape index (κ2) is 5.35. The number of hydrogen-bond donors (Lipinski definition) is 1. The molecule has 1 amide bonds. The minimum atomic E-state index is 0.255. The van der Waals surface area contributed by atoms with Gasteiger partial charge in [0, 0.05) is 12.6 Å². The SMILES string of the molecule is CCNCC(=O)N1CCCC(C)C1C. The summed E-state index contributed by atoms with van der Waals surface area (Å²) in [5.74, 6) is 0.903. The maximum absolute atomic E-state index is 11.8. The normalized spacial score (nSPS) is 27.8. The molecule has 1 rings (SSSR count). The maximum Gasteiger partial charge on any atom is 0.236 e. The molecule has 0 aromatic carbocycles. The summed E-state index contributed by atoms with van der Waals surface area (Å²) in [7, 11) is 0. The van der Waals surface area contributed by atoms with Crippen molar-refractivity contribution in [3.63, 3.8) is 0 Å². The Morgan fingerprint density at radius 1 is 1.50 bits per heavy atom. The van der Waals surface area contributed by atoms with E-state index in [0.29, 0.717) is 18.5 Å². The summed E-state index contributed by atoms with van der Waals surface area (Å²) in [6.07, 6.45) is 2.41. The summed E-state index contributed by atoms with van der Waals surface area (Å²) in [4.78, 5) is 13.8. The summed E-state index contributed by atoms with van der Waals surface area (Å²) in [6, 6.07) is 0.412. The summed E-state index contributed by atoms with van der Waals surface area (Å²) in [5, 5.41) is 3.09. The molecule has 1 aliphatic rings. The molecule has 1 fully saturated rings. The number of amides is 1. The Morgan fingerprint density at radius 2 is 2.21 bits per heavy atom. The average Bonchev–Trinajstić information content (AvgIpc) is 2.18. The Hall–Kier alpha value is -0.570. The van der Waals surface area contributed by atoms with Gasteiger partial charge in [-0.15, -0.1) is 0 Å². The number of piperidine rings is 1. The summed E-state index contributed by atoms with van der Waals surface area (Å²) in [6.45, 7) is 8.72. The van der Waals surface area contributed by atoms with Gasteiger partial charge in [0.15, 0.2) is 0 Å². The third kappa shape index (κ3) is 2.71. The van der Waals surface area contributed by atoms with Gasteiger partial charge in [0.05, 0.1) is 6.54 Å². The highest BCUT2D eigenvalue weighted by molar-refractivity contribution is 5.78. The van der Waals surface area contributed by atoms with E-state index >= 15 is 0 Å². The molecule has 3 nitrogen and oxygen atoms in total. The molecule has 0 bridgehead atoms. The molecule has 14 heavy (non-hydrogen) atoms. The number of carbonyl (C=O) groups excluding carboxylic acids is 1. The van der Waals surface area contributed by atoms with Crippen LogP contribution in [0.3, 0.4) is 0 Å². The van der Waals surface area contributed by atoms with E-state index < -0.39 is 0 Å². The molecule has 1 aliphatic heterocycles. The Bertz CT molecular complexity index is 194. The van der Waals surface area contributed by atoms with Crippen molar-refractivity contribution in [1.29, 1.82) is 0 Å². The average molecular weight is 198 g/mol. The largest absolute Gasteiger partial charge is 0.339 e. The Balaban J connectivity index is 2.44. The molecule has 0 aromatic rings. The first-order chi connectivity index (χ1) is 6.66. The quantitative estimate of drug-likeness (QED) is 0.740. The predicted octanol–water partition coefficient (Wildman–Crippen LogP) is 1.24. The number of carbonyl (C=O) groups is 1. The molecule has 1 heterocycles. The lowest BCUT2D eigenvalue weighted by atomic mass is 9.92. The number of likely N-dealkylation sites (N-methyl/N-ethyl adjacent to an activating group) is 1. The fourth-order valence-corrected chi connectivity index (χ4v) is 2.02. The number of likely N-dealkylation sites (tertiary alicyclic amines) is 1. The highest BCUT2D eigenvalue weighted by atomic mass is 16.2. The molecule has 0 aliphatic carbocycles. The zero-order valence-corrected chi connectivity index (χ0v) is 9.55. The molecule has 3 heteroatoms. The van der Waals surface area contributed by atoms with Crippen molar-refractivity contribution in [3.05, 3.63) is 0 Å². The maximum atomic E-state index is 11.8. The van der Waals surface area contributed by atoms with Gasteiger partial charge in [-0.25, -0.2) is 0 Å². The van der Waals surface area contributed by atoms with Crippen molar-refractivity contribution in [3.8, 4) is 0 Å². The lowest BCUT2D eigenvalue weighted by Crippen LogP contribution is -2.49. The third-order valence-electron chi connectivity index (χ3n) is 3.22. The molecule has 82 valence electrons. The van der Waals surface area contributed by atoms with Crippen LogP contribution in [0.4, 0.5) is 0 Å². The Morgan fingerprint density at radius 3 is 2.86 bits per heavy atom. The summed E-state index contributed by atoms with van der Waals surface area (Å²) >= 11 is 0. The molecule has 2 atom stereocenters. The van der Waals surface area contributed by atoms with Crippen LogP contribution in [0.25, 0.3) is 0 Å². The van der Waals surface area contributed by atoms with E-state index in [1.54, 1.807) is 0 Å². The van der Waals surface area contributed by atoms with E-state index in [9.17, 15) is 4.79 Å². The molecule has 1 saturated heterocycles. The van der Waals surface area contributed by atoms with Crippen molar-refractivity contribution in [2.75, 3.05) is 19.6 Å². The van der Waals surface area contributed by atoms with Gasteiger partial charge in [0.2, 0.25) is 5.91 Å². The molecule has 0 spiro atoms. The van der Waals surface area contributed by atoms with Crippen LogP contribution in [0.15, 0.2) is 0 Å². The second-order valence-electron chi connectivity index (χ2n) is 4.23. The van der Waals surface area contributed by atoms with Crippen molar-refractivity contribution in [2.45, 2.75) is 39.7 Å². The van der Waals surface area contributed by atoms with Crippen molar-refractivity contribution < 1.29 is 4.79 Å². The minimum Gasteiger partial charge on any atom is -0.339 e. The van der Waals surface area contributed by atoms with E-state index in [1.807, 2.05) is 11.8 Å². The van der Waals surface area contributed by atoms with E-state index in [-0.39, 0.29) is 5.91 Å². The van der Waals surface area contributed by atoms with Gasteiger partial charge < -0.3 is 10.2 Å². The molecule has 0 radical (unpaired) electrons. The standard InChI is InChI=1S/C11H22N2O/c1-4-12-8-11(14)13-7-5-6-9(2)10(13)3/h9-10,12H,4-8H2,1-3H3. The summed E-state index contributed by atoms with van der Waals surface area (Å²) in [5.41, 5.74) is 0. The van der Waals surface area contributed by atoms with Gasteiger partial charge >= 0.3 is 0 Å². The molecular weight excluding hydrogens is 176 g/mol. The van der Waals surface area contributed by atoms with E-state index in [4.69, 9.17) is 0 Å². The van der Waals surface area contributed by atoms with Crippen LogP contribution in [-0.2, 0) is 4.79 Å². The first kappa shape index (κ1) is 11.5. The second-order valence-corrected chi connectivity index (χ2v) is 4.23. The van der Waals surface area contributed by atoms with Gasteiger partial charge in [-0.2, -0.15) is 0 Å². The summed E-state index contributed by atoms with van der Waals surface area (Å²) < 4.78 is 0. The van der Waals surface area contributed by atoms with Crippen LogP contribution in [0.2, 0.25) is 0 Å². The molecule has 0 saturated carbocycles. The predicted molar refractivity (Wildman–Crippen MR) is 58.1 cm³/mol. The lowest BCUT2D eigenvalue weighted by molar-refractivity contribution is -0.134. The molecule has 0 aromatic heterocycles. The highest BCUT2D eigenvalue weighted by Crippen LogP contribution is 2.22. The lowest BCUT2D eigenvalue weighted by Gasteiger charge is -2.38. The van der Waals surface area contributed by atoms with Gasteiger partial charge in [-0.3, -0.25) is 4.79 Å². The third-order valence-corrected chi connectivity index (χ3v) is 3.22. The number of rotatable bonds is 3. The van der Waals surface area contributed by atoms with Crippen LogP contribution in [0.1, 0.15) is 33.6 Å². The van der Waals surface area contributed by atoms with Crippen LogP contribution >= 0.6 is 0 Å². The van der Waals surface area contributed by atoms with Crippen LogP contribution in [0.5, 0.6) is 0 Å². The smallest absolute Gasteiger partial charge is 0.236 e. The Labute approximate surface area is 86.9 Å². The van der Waals surface area contributed by atoms with Crippen LogP contribution in [-0.4, -0.2) is 36.5 Å². The van der Waals surface area contributed by atoms with Crippen molar-refractivity contribution in [1.82, 2.24) is 10.2 Å². The van der Waals surface area contributed by atoms with Crippen LogP contribution in [0, 0.1) is 5.92 Å². The Kier molecular flexibility index (Phi) is 4.39. The van der Waals surface area contributed by atoms with Gasteiger partial charge in [-0.05, 0) is 32.2 Å². The highest BCUT2D eigenvalue weighted by Gasteiger charge is 2.27. The number of hydrogen-bond acceptors (Lipinski definition) is 2. The zero-order valence-electron chi connectivity index (χ0n) is 9.55. The van der Waals surface area contributed by atoms with Crippen LogP contribution < -0.4 is 5.32 Å². The first-order valence-electron chi connectivity index (χ1n) is 5.67. The van der Waals surface area contributed by atoms with Gasteiger partial charge in [0.1, 0.15) is 0 Å². The van der Waals surface area contributed by atoms with E-state index in [1.165, 1.54) is 6.42 Å². The number of nitrogens with one attached hydrogen (secondary N) is 1. The topological polar surface area (TPSA) is 32.3 Å².